The van der Waals surface area contributed by atoms with E-state index in [4.69, 9.17) is 4.74 Å². The number of ether oxygens (including phenoxy) is 1. The molecule has 0 aromatic heterocycles. The van der Waals surface area contributed by atoms with Gasteiger partial charge in [-0.25, -0.2) is 5.43 Å². The van der Waals surface area contributed by atoms with E-state index in [9.17, 15) is 14.4 Å². The van der Waals surface area contributed by atoms with Crippen LogP contribution in [0.3, 0.4) is 0 Å². The predicted molar refractivity (Wildman–Crippen MR) is 131 cm³/mol. The number of para-hydroxylation sites is 1. The summed E-state index contributed by atoms with van der Waals surface area (Å²) in [6.07, 6.45) is 1.40. The van der Waals surface area contributed by atoms with Crippen molar-refractivity contribution < 1.29 is 19.1 Å². The van der Waals surface area contributed by atoms with Gasteiger partial charge < -0.3 is 15.4 Å². The number of hydrogen-bond acceptors (Lipinski definition) is 5. The first-order chi connectivity index (χ1) is 16.0. The van der Waals surface area contributed by atoms with Crippen molar-refractivity contribution in [1.29, 1.82) is 0 Å². The van der Waals surface area contributed by atoms with Crippen molar-refractivity contribution in [3.05, 3.63) is 88.4 Å². The molecule has 0 unspecified atom stereocenters. The molecular formula is C24H21BrN4O4. The molecule has 9 heteroatoms. The first kappa shape index (κ1) is 23.7. The van der Waals surface area contributed by atoms with Gasteiger partial charge >= 0.3 is 11.8 Å². The molecule has 0 radical (unpaired) electrons. The summed E-state index contributed by atoms with van der Waals surface area (Å²) in [6.45, 7) is 2.46. The highest BCUT2D eigenvalue weighted by Gasteiger charge is 2.17. The number of benzene rings is 3. The number of hydrazone groups is 1. The lowest BCUT2D eigenvalue weighted by Crippen LogP contribution is -2.33. The third-order valence-electron chi connectivity index (χ3n) is 4.30. The van der Waals surface area contributed by atoms with E-state index in [1.54, 1.807) is 66.7 Å². The Balaban J connectivity index is 1.59. The van der Waals surface area contributed by atoms with Crippen molar-refractivity contribution in [1.82, 2.24) is 5.43 Å². The quantitative estimate of drug-likeness (QED) is 0.252. The Kier molecular flexibility index (Phi) is 8.31. The van der Waals surface area contributed by atoms with Crippen LogP contribution < -0.4 is 20.8 Å². The predicted octanol–water partition coefficient (Wildman–Crippen LogP) is 4.19. The number of hydrogen-bond donors (Lipinski definition) is 3. The standard InChI is InChI=1S/C24H21BrN4O4/c1-2-33-19-13-7-16(8-14-19)15-26-29-24(32)23(31)28-21-6-4-3-5-20(21)22(30)27-18-11-9-17(25)10-12-18/h3-15H,2H2,1H3,(H,27,30)(H,28,31)(H,29,32). The van der Waals surface area contributed by atoms with Gasteiger partial charge in [0.25, 0.3) is 5.91 Å². The molecule has 3 N–H and O–H groups in total. The summed E-state index contributed by atoms with van der Waals surface area (Å²) in [7, 11) is 0. The molecule has 0 aliphatic heterocycles. The molecule has 0 heterocycles. The molecule has 0 aliphatic carbocycles. The van der Waals surface area contributed by atoms with Gasteiger partial charge in [0.05, 0.1) is 24.1 Å². The van der Waals surface area contributed by atoms with Gasteiger partial charge in [-0.2, -0.15) is 5.10 Å². The normalized spacial score (nSPS) is 10.5. The summed E-state index contributed by atoms with van der Waals surface area (Å²) in [6, 6.07) is 20.5. The lowest BCUT2D eigenvalue weighted by Gasteiger charge is -2.11. The molecule has 0 aliphatic rings. The van der Waals surface area contributed by atoms with Crippen LogP contribution in [0.25, 0.3) is 0 Å². The Morgan fingerprint density at radius 2 is 1.61 bits per heavy atom. The SMILES string of the molecule is CCOc1ccc(C=NNC(=O)C(=O)Nc2ccccc2C(=O)Nc2ccc(Br)cc2)cc1. The van der Waals surface area contributed by atoms with Crippen molar-refractivity contribution in [2.24, 2.45) is 5.10 Å². The molecule has 0 saturated carbocycles. The Labute approximate surface area is 199 Å². The second kappa shape index (κ2) is 11.6. The minimum atomic E-state index is -0.972. The molecule has 0 spiro atoms. The fourth-order valence-electron chi connectivity index (χ4n) is 2.73. The molecular weight excluding hydrogens is 488 g/mol. The molecule has 3 aromatic rings. The zero-order valence-corrected chi connectivity index (χ0v) is 19.3. The van der Waals surface area contributed by atoms with Crippen LogP contribution >= 0.6 is 15.9 Å². The highest BCUT2D eigenvalue weighted by molar-refractivity contribution is 9.10. The van der Waals surface area contributed by atoms with Crippen LogP contribution in [-0.4, -0.2) is 30.5 Å². The Bertz CT molecular complexity index is 1160. The summed E-state index contributed by atoms with van der Waals surface area (Å²) < 4.78 is 6.24. The second-order valence-corrected chi connectivity index (χ2v) is 7.58. The van der Waals surface area contributed by atoms with Crippen molar-refractivity contribution in [3.8, 4) is 5.75 Å². The largest absolute Gasteiger partial charge is 0.494 e. The molecule has 3 aromatic carbocycles. The first-order valence-corrected chi connectivity index (χ1v) is 10.8. The average Bonchev–Trinajstić information content (AvgIpc) is 2.82. The summed E-state index contributed by atoms with van der Waals surface area (Å²) >= 11 is 3.34. The minimum absolute atomic E-state index is 0.197. The topological polar surface area (TPSA) is 109 Å². The van der Waals surface area contributed by atoms with Crippen LogP contribution in [0.2, 0.25) is 0 Å². The average molecular weight is 509 g/mol. The van der Waals surface area contributed by atoms with Gasteiger partial charge in [-0.05, 0) is 73.2 Å². The van der Waals surface area contributed by atoms with Gasteiger partial charge in [-0.3, -0.25) is 14.4 Å². The van der Waals surface area contributed by atoms with Crippen LogP contribution in [0.15, 0.2) is 82.4 Å². The van der Waals surface area contributed by atoms with Crippen LogP contribution in [-0.2, 0) is 9.59 Å². The van der Waals surface area contributed by atoms with Gasteiger partial charge in [0.15, 0.2) is 0 Å². The molecule has 3 amide bonds. The van der Waals surface area contributed by atoms with E-state index in [0.717, 1.165) is 10.2 Å². The van der Waals surface area contributed by atoms with Crippen LogP contribution in [0.4, 0.5) is 11.4 Å². The van der Waals surface area contributed by atoms with Crippen molar-refractivity contribution in [3.63, 3.8) is 0 Å². The highest BCUT2D eigenvalue weighted by atomic mass is 79.9. The number of nitrogens with zero attached hydrogens (tertiary/aromatic N) is 1. The third-order valence-corrected chi connectivity index (χ3v) is 4.83. The van der Waals surface area contributed by atoms with E-state index >= 15 is 0 Å². The molecule has 0 saturated heterocycles. The lowest BCUT2D eigenvalue weighted by atomic mass is 10.1. The lowest BCUT2D eigenvalue weighted by molar-refractivity contribution is -0.136. The van der Waals surface area contributed by atoms with Gasteiger partial charge in [-0.15, -0.1) is 0 Å². The number of halogens is 1. The molecule has 3 rings (SSSR count). The van der Waals surface area contributed by atoms with Crippen LogP contribution in [0, 0.1) is 0 Å². The molecule has 0 atom stereocenters. The molecule has 0 fully saturated rings. The third kappa shape index (κ3) is 7.01. The van der Waals surface area contributed by atoms with Gasteiger partial charge in [0, 0.05) is 10.2 Å². The van der Waals surface area contributed by atoms with Gasteiger partial charge in [-0.1, -0.05) is 28.1 Å². The zero-order chi connectivity index (χ0) is 23.6. The number of carbonyl (C=O) groups excluding carboxylic acids is 3. The van der Waals surface area contributed by atoms with Crippen molar-refractivity contribution in [2.45, 2.75) is 6.92 Å². The fourth-order valence-corrected chi connectivity index (χ4v) is 3.00. The minimum Gasteiger partial charge on any atom is -0.494 e. The summed E-state index contributed by atoms with van der Waals surface area (Å²) in [4.78, 5) is 37.1. The smallest absolute Gasteiger partial charge is 0.329 e. The van der Waals surface area contributed by atoms with Crippen molar-refractivity contribution >= 4 is 51.2 Å². The van der Waals surface area contributed by atoms with Crippen molar-refractivity contribution in [2.75, 3.05) is 17.2 Å². The van der Waals surface area contributed by atoms with E-state index < -0.39 is 17.7 Å². The van der Waals surface area contributed by atoms with E-state index in [2.05, 4.69) is 37.1 Å². The fraction of sp³-hybridized carbons (Fsp3) is 0.0833. The zero-order valence-electron chi connectivity index (χ0n) is 17.7. The van der Waals surface area contributed by atoms with E-state index in [-0.39, 0.29) is 11.3 Å². The molecule has 33 heavy (non-hydrogen) atoms. The van der Waals surface area contributed by atoms with E-state index in [1.165, 1.54) is 12.3 Å². The van der Waals surface area contributed by atoms with Crippen LogP contribution in [0.5, 0.6) is 5.75 Å². The second-order valence-electron chi connectivity index (χ2n) is 6.66. The van der Waals surface area contributed by atoms with E-state index in [0.29, 0.717) is 17.9 Å². The maximum Gasteiger partial charge on any atom is 0.329 e. The maximum atomic E-state index is 12.7. The number of amides is 3. The number of rotatable bonds is 7. The molecule has 168 valence electrons. The monoisotopic (exact) mass is 508 g/mol. The number of anilines is 2. The van der Waals surface area contributed by atoms with Gasteiger partial charge in [0.1, 0.15) is 5.75 Å². The van der Waals surface area contributed by atoms with Crippen LogP contribution in [0.1, 0.15) is 22.8 Å². The van der Waals surface area contributed by atoms with E-state index in [1.807, 2.05) is 6.92 Å². The summed E-state index contributed by atoms with van der Waals surface area (Å²) in [5.41, 5.74) is 3.88. The first-order valence-electron chi connectivity index (χ1n) is 9.99. The Morgan fingerprint density at radius 1 is 0.909 bits per heavy atom. The molecule has 0 bridgehead atoms. The highest BCUT2D eigenvalue weighted by Crippen LogP contribution is 2.19. The number of nitrogens with one attached hydrogen (secondary N) is 3. The van der Waals surface area contributed by atoms with Gasteiger partial charge in [0.2, 0.25) is 0 Å². The number of carbonyl (C=O) groups is 3. The Morgan fingerprint density at radius 3 is 2.30 bits per heavy atom. The Hall–Kier alpha value is -3.98. The summed E-state index contributed by atoms with van der Waals surface area (Å²) in [5.74, 6) is -1.63. The maximum absolute atomic E-state index is 12.7. The molecule has 8 nitrogen and oxygen atoms in total. The summed E-state index contributed by atoms with van der Waals surface area (Å²) in [5, 5.41) is 8.99.